The van der Waals surface area contributed by atoms with Gasteiger partial charge in [0, 0.05) is 18.1 Å². The van der Waals surface area contributed by atoms with Gasteiger partial charge in [-0.2, -0.15) is 4.31 Å². The molecule has 7 heteroatoms. The molecule has 0 heterocycles. The van der Waals surface area contributed by atoms with E-state index < -0.39 is 10.0 Å². The average Bonchev–Trinajstić information content (AvgIpc) is 2.74. The summed E-state index contributed by atoms with van der Waals surface area (Å²) in [5.74, 6) is -0.378. The van der Waals surface area contributed by atoms with Gasteiger partial charge in [0.2, 0.25) is 15.9 Å². The van der Waals surface area contributed by atoms with Crippen LogP contribution in [-0.2, 0) is 27.9 Å². The summed E-state index contributed by atoms with van der Waals surface area (Å²) >= 11 is 5.88. The fourth-order valence-corrected chi connectivity index (χ4v) is 4.40. The monoisotopic (exact) mass is 442 g/mol. The molecule has 0 fully saturated rings. The topological polar surface area (TPSA) is 66.5 Å². The van der Waals surface area contributed by atoms with Gasteiger partial charge in [0.1, 0.15) is 0 Å². The van der Waals surface area contributed by atoms with E-state index in [2.05, 4.69) is 5.32 Å². The Labute approximate surface area is 182 Å². The van der Waals surface area contributed by atoms with Crippen LogP contribution in [0.15, 0.2) is 83.8 Å². The molecule has 0 aliphatic carbocycles. The van der Waals surface area contributed by atoms with Crippen LogP contribution in [0.25, 0.3) is 0 Å². The van der Waals surface area contributed by atoms with Gasteiger partial charge in [0.15, 0.2) is 0 Å². The van der Waals surface area contributed by atoms with E-state index >= 15 is 0 Å². The molecular weight excluding hydrogens is 420 g/mol. The first-order chi connectivity index (χ1) is 14.3. The Morgan fingerprint density at radius 3 is 2.17 bits per heavy atom. The van der Waals surface area contributed by atoms with Crippen molar-refractivity contribution in [3.63, 3.8) is 0 Å². The fourth-order valence-electron chi connectivity index (χ4n) is 2.89. The standard InChI is InChI=1S/C23H23ClN2O3S/c1-18-7-13-22(14-8-18)30(28,29)26(16-20-5-3-2-4-6-20)17-23(27)25-15-19-9-11-21(24)12-10-19/h2-14H,15-17H2,1H3,(H,25,27). The first-order valence-electron chi connectivity index (χ1n) is 9.46. The van der Waals surface area contributed by atoms with E-state index in [4.69, 9.17) is 11.6 Å². The van der Waals surface area contributed by atoms with Gasteiger partial charge in [-0.3, -0.25) is 4.79 Å². The maximum absolute atomic E-state index is 13.2. The third kappa shape index (κ3) is 5.92. The molecule has 0 radical (unpaired) electrons. The lowest BCUT2D eigenvalue weighted by atomic mass is 10.2. The molecule has 0 unspecified atom stereocenters. The molecule has 0 bridgehead atoms. The normalized spacial score (nSPS) is 11.4. The Morgan fingerprint density at radius 1 is 0.900 bits per heavy atom. The molecule has 30 heavy (non-hydrogen) atoms. The Morgan fingerprint density at radius 2 is 1.53 bits per heavy atom. The molecule has 1 N–H and O–H groups in total. The summed E-state index contributed by atoms with van der Waals surface area (Å²) < 4.78 is 27.7. The molecule has 5 nitrogen and oxygen atoms in total. The van der Waals surface area contributed by atoms with Crippen LogP contribution in [0.2, 0.25) is 5.02 Å². The number of halogens is 1. The average molecular weight is 443 g/mol. The van der Waals surface area contributed by atoms with Crippen molar-refractivity contribution in [3.05, 3.63) is 101 Å². The zero-order chi connectivity index (χ0) is 21.6. The Hall–Kier alpha value is -2.67. The molecule has 0 aliphatic rings. The van der Waals surface area contributed by atoms with Crippen LogP contribution >= 0.6 is 11.6 Å². The number of nitrogens with zero attached hydrogens (tertiary/aromatic N) is 1. The SMILES string of the molecule is Cc1ccc(S(=O)(=O)N(CC(=O)NCc2ccc(Cl)cc2)Cc2ccccc2)cc1. The number of hydrogen-bond acceptors (Lipinski definition) is 3. The highest BCUT2D eigenvalue weighted by molar-refractivity contribution is 7.89. The summed E-state index contributed by atoms with van der Waals surface area (Å²) in [6.45, 7) is 2.01. The molecule has 0 aromatic heterocycles. The molecule has 0 atom stereocenters. The highest BCUT2D eigenvalue weighted by atomic mass is 35.5. The van der Waals surface area contributed by atoms with Gasteiger partial charge in [0.25, 0.3) is 0 Å². The summed E-state index contributed by atoms with van der Waals surface area (Å²) in [7, 11) is -3.84. The van der Waals surface area contributed by atoms with Crippen LogP contribution in [0.4, 0.5) is 0 Å². The van der Waals surface area contributed by atoms with Gasteiger partial charge in [-0.25, -0.2) is 8.42 Å². The van der Waals surface area contributed by atoms with Crippen LogP contribution in [0.1, 0.15) is 16.7 Å². The lowest BCUT2D eigenvalue weighted by molar-refractivity contribution is -0.121. The summed E-state index contributed by atoms with van der Waals surface area (Å²) in [4.78, 5) is 12.7. The number of sulfonamides is 1. The van der Waals surface area contributed by atoms with Crippen molar-refractivity contribution < 1.29 is 13.2 Å². The number of carbonyl (C=O) groups excluding carboxylic acids is 1. The lowest BCUT2D eigenvalue weighted by Gasteiger charge is -2.22. The van der Waals surface area contributed by atoms with Gasteiger partial charge in [-0.15, -0.1) is 0 Å². The van der Waals surface area contributed by atoms with Gasteiger partial charge < -0.3 is 5.32 Å². The summed E-state index contributed by atoms with van der Waals surface area (Å²) in [5.41, 5.74) is 2.65. The van der Waals surface area contributed by atoms with Gasteiger partial charge in [-0.05, 0) is 42.3 Å². The molecular formula is C23H23ClN2O3S. The quantitative estimate of drug-likeness (QED) is 0.569. The number of hydrogen-bond donors (Lipinski definition) is 1. The summed E-state index contributed by atoms with van der Waals surface area (Å²) in [6.07, 6.45) is 0. The number of carbonyl (C=O) groups is 1. The maximum atomic E-state index is 13.2. The molecule has 0 saturated heterocycles. The second-order valence-electron chi connectivity index (χ2n) is 6.97. The molecule has 3 aromatic carbocycles. The van der Waals surface area contributed by atoms with Crippen LogP contribution in [-0.4, -0.2) is 25.2 Å². The van der Waals surface area contributed by atoms with Crippen molar-refractivity contribution in [1.82, 2.24) is 9.62 Å². The zero-order valence-electron chi connectivity index (χ0n) is 16.6. The predicted molar refractivity (Wildman–Crippen MR) is 119 cm³/mol. The second kappa shape index (κ2) is 9.89. The first-order valence-corrected chi connectivity index (χ1v) is 11.3. The van der Waals surface area contributed by atoms with E-state index in [-0.39, 0.29) is 23.9 Å². The van der Waals surface area contributed by atoms with Crippen LogP contribution in [0, 0.1) is 6.92 Å². The van der Waals surface area contributed by atoms with Crippen molar-refractivity contribution >= 4 is 27.5 Å². The number of rotatable bonds is 8. The lowest BCUT2D eigenvalue weighted by Crippen LogP contribution is -2.40. The molecule has 3 rings (SSSR count). The van der Waals surface area contributed by atoms with E-state index in [9.17, 15) is 13.2 Å². The van der Waals surface area contributed by atoms with Crippen LogP contribution in [0.5, 0.6) is 0 Å². The van der Waals surface area contributed by atoms with E-state index in [0.717, 1.165) is 16.7 Å². The molecule has 0 aliphatic heterocycles. The minimum absolute atomic E-state index is 0.103. The summed E-state index contributed by atoms with van der Waals surface area (Å²) in [6, 6.07) is 22.9. The van der Waals surface area contributed by atoms with Crippen LogP contribution in [0.3, 0.4) is 0 Å². The van der Waals surface area contributed by atoms with Crippen molar-refractivity contribution in [2.24, 2.45) is 0 Å². The number of benzene rings is 3. The Balaban J connectivity index is 1.77. The van der Waals surface area contributed by atoms with Gasteiger partial charge in [0.05, 0.1) is 11.4 Å². The van der Waals surface area contributed by atoms with Crippen molar-refractivity contribution in [2.45, 2.75) is 24.9 Å². The fraction of sp³-hybridized carbons (Fsp3) is 0.174. The van der Waals surface area contributed by atoms with Crippen molar-refractivity contribution in [1.29, 1.82) is 0 Å². The van der Waals surface area contributed by atoms with E-state index in [1.165, 1.54) is 4.31 Å². The Bertz CT molecular complexity index is 1080. The van der Waals surface area contributed by atoms with Gasteiger partial charge >= 0.3 is 0 Å². The maximum Gasteiger partial charge on any atom is 0.243 e. The molecule has 156 valence electrons. The molecule has 1 amide bonds. The predicted octanol–water partition coefficient (Wildman–Crippen LogP) is 4.16. The van der Waals surface area contributed by atoms with E-state index in [1.807, 2.05) is 49.4 Å². The molecule has 0 spiro atoms. The van der Waals surface area contributed by atoms with Crippen LogP contribution < -0.4 is 5.32 Å². The third-order valence-corrected chi connectivity index (χ3v) is 6.64. The van der Waals surface area contributed by atoms with E-state index in [0.29, 0.717) is 11.6 Å². The van der Waals surface area contributed by atoms with E-state index in [1.54, 1.807) is 36.4 Å². The number of nitrogens with one attached hydrogen (secondary N) is 1. The van der Waals surface area contributed by atoms with Crippen molar-refractivity contribution in [3.8, 4) is 0 Å². The third-order valence-electron chi connectivity index (χ3n) is 4.58. The number of amides is 1. The first kappa shape index (κ1) is 22.0. The largest absolute Gasteiger partial charge is 0.351 e. The number of aryl methyl sites for hydroxylation is 1. The molecule has 3 aromatic rings. The zero-order valence-corrected chi connectivity index (χ0v) is 18.2. The smallest absolute Gasteiger partial charge is 0.243 e. The highest BCUT2D eigenvalue weighted by Gasteiger charge is 2.26. The van der Waals surface area contributed by atoms with Crippen molar-refractivity contribution in [2.75, 3.05) is 6.54 Å². The second-order valence-corrected chi connectivity index (χ2v) is 9.35. The molecule has 0 saturated carbocycles. The Kier molecular flexibility index (Phi) is 7.26. The minimum atomic E-state index is -3.84. The minimum Gasteiger partial charge on any atom is -0.351 e. The van der Waals surface area contributed by atoms with Gasteiger partial charge in [-0.1, -0.05) is 71.8 Å². The summed E-state index contributed by atoms with van der Waals surface area (Å²) in [5, 5.41) is 3.39. The highest BCUT2D eigenvalue weighted by Crippen LogP contribution is 2.19.